The summed E-state index contributed by atoms with van der Waals surface area (Å²) < 4.78 is 16.1. The summed E-state index contributed by atoms with van der Waals surface area (Å²) in [5.74, 6) is 0. The third-order valence-electron chi connectivity index (χ3n) is 6.40. The van der Waals surface area contributed by atoms with Gasteiger partial charge in [0.2, 0.25) is 0 Å². The highest BCUT2D eigenvalue weighted by Gasteiger charge is 2.28. The van der Waals surface area contributed by atoms with E-state index in [9.17, 15) is 19.8 Å². The number of hydrogen-bond donors (Lipinski definition) is 5. The minimum absolute atomic E-state index is 0.0892. The highest BCUT2D eigenvalue weighted by molar-refractivity contribution is 5.68. The molecule has 220 valence electrons. The Labute approximate surface area is 236 Å². The molecule has 0 saturated carbocycles. The van der Waals surface area contributed by atoms with Crippen LogP contribution in [-0.2, 0) is 27.1 Å². The van der Waals surface area contributed by atoms with Crippen LogP contribution in [0.4, 0.5) is 9.59 Å². The molecule has 2 aromatic carbocycles. The molecule has 1 aliphatic rings. The third-order valence-corrected chi connectivity index (χ3v) is 6.40. The normalized spacial score (nSPS) is 18.3. The molecule has 5 N–H and O–H groups in total. The number of rotatable bonds is 13. The average molecular weight is 558 g/mol. The fraction of sp³-hybridized carbons (Fsp3) is 0.533. The molecule has 0 aliphatic carbocycles. The lowest BCUT2D eigenvalue weighted by Crippen LogP contribution is -2.53. The summed E-state index contributed by atoms with van der Waals surface area (Å²) in [6, 6.07) is 17.8. The highest BCUT2D eigenvalue weighted by atomic mass is 16.6. The predicted molar refractivity (Wildman–Crippen MR) is 151 cm³/mol. The molecule has 2 aromatic rings. The quantitative estimate of drug-likeness (QED) is 0.253. The lowest BCUT2D eigenvalue weighted by Gasteiger charge is -2.28. The summed E-state index contributed by atoms with van der Waals surface area (Å²) in [6.45, 7) is 6.41. The summed E-state index contributed by atoms with van der Waals surface area (Å²) in [7, 11) is 0. The standard InChI is InChI=1S/C30H43N3O7/c1-30(2,3)40-29(37)33-25(17-22-12-8-5-9-13-22)27(35)19-31-18-26(34)24(16-21-10-6-4-7-11-21)32-28(36)39-23-14-15-38-20-23/h4-13,23-27,31,34-35H,14-20H2,1-3H3,(H,32,36)(H,33,37)/t23-,24-,25-,26+,27+/m0/s1. The van der Waals surface area contributed by atoms with Crippen molar-refractivity contribution in [2.75, 3.05) is 26.3 Å². The molecule has 1 aliphatic heterocycles. The van der Waals surface area contributed by atoms with Gasteiger partial charge in [-0.15, -0.1) is 0 Å². The first-order valence-electron chi connectivity index (χ1n) is 13.8. The van der Waals surface area contributed by atoms with Crippen LogP contribution in [0.3, 0.4) is 0 Å². The first kappa shape index (κ1) is 31.3. The van der Waals surface area contributed by atoms with E-state index in [-0.39, 0.29) is 19.2 Å². The van der Waals surface area contributed by atoms with Gasteiger partial charge in [-0.25, -0.2) is 9.59 Å². The van der Waals surface area contributed by atoms with E-state index in [1.807, 2.05) is 60.7 Å². The van der Waals surface area contributed by atoms with Crippen LogP contribution in [0, 0.1) is 0 Å². The molecule has 3 rings (SSSR count). The predicted octanol–water partition coefficient (Wildman–Crippen LogP) is 2.56. The molecule has 0 bridgehead atoms. The van der Waals surface area contributed by atoms with E-state index >= 15 is 0 Å². The molecular weight excluding hydrogens is 514 g/mol. The van der Waals surface area contributed by atoms with E-state index in [0.717, 1.165) is 11.1 Å². The first-order valence-corrected chi connectivity index (χ1v) is 13.8. The Balaban J connectivity index is 1.58. The van der Waals surface area contributed by atoms with E-state index in [4.69, 9.17) is 14.2 Å². The Kier molecular flexibility index (Phi) is 12.2. The molecule has 40 heavy (non-hydrogen) atoms. The van der Waals surface area contributed by atoms with Crippen LogP contribution in [0.1, 0.15) is 38.3 Å². The van der Waals surface area contributed by atoms with Gasteiger partial charge in [-0.3, -0.25) is 0 Å². The number of amides is 2. The molecule has 5 atom stereocenters. The van der Waals surface area contributed by atoms with Crippen molar-refractivity contribution >= 4 is 12.2 Å². The van der Waals surface area contributed by atoms with Gasteiger partial charge in [-0.05, 0) is 44.7 Å². The molecule has 10 nitrogen and oxygen atoms in total. The molecule has 0 aromatic heterocycles. The van der Waals surface area contributed by atoms with Crippen molar-refractivity contribution in [2.24, 2.45) is 0 Å². The molecule has 10 heteroatoms. The van der Waals surface area contributed by atoms with Crippen LogP contribution in [0.5, 0.6) is 0 Å². The summed E-state index contributed by atoms with van der Waals surface area (Å²) in [4.78, 5) is 25.0. The Morgan fingerprint density at radius 2 is 1.38 bits per heavy atom. The molecule has 0 spiro atoms. The molecule has 1 heterocycles. The van der Waals surface area contributed by atoms with Gasteiger partial charge in [0.1, 0.15) is 11.7 Å². The number of aliphatic hydroxyl groups is 2. The summed E-state index contributed by atoms with van der Waals surface area (Å²) in [5, 5.41) is 30.7. The maximum Gasteiger partial charge on any atom is 0.407 e. The highest BCUT2D eigenvalue weighted by Crippen LogP contribution is 2.12. The van der Waals surface area contributed by atoms with Crippen LogP contribution in [0.2, 0.25) is 0 Å². The maximum absolute atomic E-state index is 12.5. The number of benzene rings is 2. The summed E-state index contributed by atoms with van der Waals surface area (Å²) >= 11 is 0. The largest absolute Gasteiger partial charge is 0.444 e. The van der Waals surface area contributed by atoms with E-state index < -0.39 is 42.1 Å². The van der Waals surface area contributed by atoms with Crippen molar-refractivity contribution in [1.82, 2.24) is 16.0 Å². The minimum Gasteiger partial charge on any atom is -0.444 e. The van der Waals surface area contributed by atoms with Crippen molar-refractivity contribution in [3.8, 4) is 0 Å². The Hall–Kier alpha value is -3.18. The molecule has 1 saturated heterocycles. The lowest BCUT2D eigenvalue weighted by atomic mass is 10.00. The zero-order valence-corrected chi connectivity index (χ0v) is 23.5. The number of nitrogens with one attached hydrogen (secondary N) is 3. The number of carbonyl (C=O) groups is 2. The number of aliphatic hydroxyl groups excluding tert-OH is 2. The smallest absolute Gasteiger partial charge is 0.407 e. The monoisotopic (exact) mass is 557 g/mol. The van der Waals surface area contributed by atoms with Gasteiger partial charge < -0.3 is 40.4 Å². The van der Waals surface area contributed by atoms with Gasteiger partial charge in [0.25, 0.3) is 0 Å². The maximum atomic E-state index is 12.5. The van der Waals surface area contributed by atoms with Crippen molar-refractivity contribution in [2.45, 2.75) is 76.0 Å². The fourth-order valence-corrected chi connectivity index (χ4v) is 4.37. The van der Waals surface area contributed by atoms with E-state index in [2.05, 4.69) is 16.0 Å². The molecule has 0 radical (unpaired) electrons. The van der Waals surface area contributed by atoms with Gasteiger partial charge in [0, 0.05) is 19.5 Å². The zero-order chi connectivity index (χ0) is 29.0. The second-order valence-electron chi connectivity index (χ2n) is 11.1. The van der Waals surface area contributed by atoms with Crippen LogP contribution in [-0.4, -0.2) is 84.7 Å². The molecule has 0 unspecified atom stereocenters. The van der Waals surface area contributed by atoms with Gasteiger partial charge in [0.15, 0.2) is 0 Å². The SMILES string of the molecule is CC(C)(C)OC(=O)N[C@@H](Cc1ccccc1)[C@H](O)CNC[C@@H](O)[C@H](Cc1ccccc1)NC(=O)O[C@H]1CCOC1. The third kappa shape index (κ3) is 11.5. The number of alkyl carbamates (subject to hydrolysis) is 2. The topological polar surface area (TPSA) is 138 Å². The summed E-state index contributed by atoms with van der Waals surface area (Å²) in [6.07, 6.45) is -2.08. The molecule has 1 fully saturated rings. The van der Waals surface area contributed by atoms with Crippen LogP contribution in [0.25, 0.3) is 0 Å². The second kappa shape index (κ2) is 15.6. The Bertz CT molecular complexity index is 1030. The fourth-order valence-electron chi connectivity index (χ4n) is 4.37. The molecular formula is C30H43N3O7. The number of carbonyl (C=O) groups excluding carboxylic acids is 2. The van der Waals surface area contributed by atoms with Gasteiger partial charge >= 0.3 is 12.2 Å². The Morgan fingerprint density at radius 1 is 0.875 bits per heavy atom. The average Bonchev–Trinajstić information content (AvgIpc) is 3.41. The van der Waals surface area contributed by atoms with Crippen molar-refractivity contribution < 1.29 is 34.0 Å². The number of hydrogen-bond acceptors (Lipinski definition) is 8. The first-order chi connectivity index (χ1) is 19.1. The van der Waals surface area contributed by atoms with Crippen molar-refractivity contribution in [1.29, 1.82) is 0 Å². The molecule has 2 amide bonds. The number of ether oxygens (including phenoxy) is 3. The van der Waals surface area contributed by atoms with Crippen molar-refractivity contribution in [3.05, 3.63) is 71.8 Å². The van der Waals surface area contributed by atoms with E-state index in [0.29, 0.717) is 32.5 Å². The second-order valence-corrected chi connectivity index (χ2v) is 11.1. The van der Waals surface area contributed by atoms with Gasteiger partial charge in [-0.2, -0.15) is 0 Å². The summed E-state index contributed by atoms with van der Waals surface area (Å²) in [5.41, 5.74) is 1.21. The minimum atomic E-state index is -0.980. The van der Waals surface area contributed by atoms with E-state index in [1.54, 1.807) is 20.8 Å². The zero-order valence-electron chi connectivity index (χ0n) is 23.5. The Morgan fingerprint density at radius 3 is 1.82 bits per heavy atom. The van der Waals surface area contributed by atoms with E-state index in [1.165, 1.54) is 0 Å². The van der Waals surface area contributed by atoms with Crippen LogP contribution >= 0.6 is 0 Å². The van der Waals surface area contributed by atoms with Crippen LogP contribution < -0.4 is 16.0 Å². The van der Waals surface area contributed by atoms with Crippen molar-refractivity contribution in [3.63, 3.8) is 0 Å². The lowest BCUT2D eigenvalue weighted by molar-refractivity contribution is 0.0415. The van der Waals surface area contributed by atoms with Gasteiger partial charge in [-0.1, -0.05) is 60.7 Å². The van der Waals surface area contributed by atoms with Crippen LogP contribution in [0.15, 0.2) is 60.7 Å². The van der Waals surface area contributed by atoms with Gasteiger partial charge in [0.05, 0.1) is 37.5 Å².